The number of amides is 1. The molecule has 2 rings (SSSR count). The molecule has 2 aromatic rings. The highest BCUT2D eigenvalue weighted by Crippen LogP contribution is 2.29. The monoisotopic (exact) mass is 341 g/mol. The van der Waals surface area contributed by atoms with Gasteiger partial charge in [0.05, 0.1) is 0 Å². The standard InChI is InChI=1S/C20H23NO4/c1-15(2)13-20(18(22)23,17-11-7-4-8-12-17)21-19(24)25-14-16-9-5-3-6-10-16/h3-12,15H,13-14H2,1-2H3,(H,21,24)(H,22,23). The molecule has 0 saturated carbocycles. The number of ether oxygens (including phenoxy) is 1. The molecule has 2 aromatic carbocycles. The molecule has 0 radical (unpaired) electrons. The average Bonchev–Trinajstić information content (AvgIpc) is 2.60. The summed E-state index contributed by atoms with van der Waals surface area (Å²) in [6.45, 7) is 3.91. The smallest absolute Gasteiger partial charge is 0.408 e. The number of alkyl carbamates (subject to hydrolysis) is 1. The van der Waals surface area contributed by atoms with Gasteiger partial charge in [-0.3, -0.25) is 0 Å². The first-order chi connectivity index (χ1) is 11.9. The third-order valence-electron chi connectivity index (χ3n) is 3.87. The molecule has 0 bridgehead atoms. The third-order valence-corrected chi connectivity index (χ3v) is 3.87. The fraction of sp³-hybridized carbons (Fsp3) is 0.300. The zero-order valence-electron chi connectivity index (χ0n) is 14.4. The molecular weight excluding hydrogens is 318 g/mol. The molecule has 0 heterocycles. The lowest BCUT2D eigenvalue weighted by molar-refractivity contribution is -0.146. The Morgan fingerprint density at radius 3 is 2.12 bits per heavy atom. The van der Waals surface area contributed by atoms with Crippen molar-refractivity contribution in [3.63, 3.8) is 0 Å². The van der Waals surface area contributed by atoms with Crippen LogP contribution in [0.25, 0.3) is 0 Å². The zero-order valence-corrected chi connectivity index (χ0v) is 14.4. The molecule has 25 heavy (non-hydrogen) atoms. The Balaban J connectivity index is 2.20. The highest BCUT2D eigenvalue weighted by molar-refractivity contribution is 5.86. The highest BCUT2D eigenvalue weighted by atomic mass is 16.5. The molecule has 0 aliphatic rings. The Morgan fingerprint density at radius 1 is 1.04 bits per heavy atom. The van der Waals surface area contributed by atoms with Crippen LogP contribution in [0, 0.1) is 5.92 Å². The summed E-state index contributed by atoms with van der Waals surface area (Å²) in [5, 5.41) is 12.5. The van der Waals surface area contributed by atoms with Crippen LogP contribution in [-0.4, -0.2) is 17.2 Å². The van der Waals surface area contributed by atoms with E-state index in [4.69, 9.17) is 4.74 Å². The van der Waals surface area contributed by atoms with E-state index < -0.39 is 17.6 Å². The summed E-state index contributed by atoms with van der Waals surface area (Å²) in [5.74, 6) is -1.05. The Kier molecular flexibility index (Phi) is 6.17. The first-order valence-corrected chi connectivity index (χ1v) is 8.22. The molecule has 0 spiro atoms. The predicted octanol–water partition coefficient (Wildman–Crippen LogP) is 3.94. The number of carboxylic acids is 1. The number of aliphatic carboxylic acids is 1. The van der Waals surface area contributed by atoms with Gasteiger partial charge < -0.3 is 15.2 Å². The van der Waals surface area contributed by atoms with E-state index in [2.05, 4.69) is 5.32 Å². The Labute approximate surface area is 147 Å². The van der Waals surface area contributed by atoms with Gasteiger partial charge in [-0.05, 0) is 23.5 Å². The summed E-state index contributed by atoms with van der Waals surface area (Å²) >= 11 is 0. The minimum absolute atomic E-state index is 0.0609. The highest BCUT2D eigenvalue weighted by Gasteiger charge is 2.42. The maximum atomic E-state index is 12.3. The number of nitrogens with one attached hydrogen (secondary N) is 1. The van der Waals surface area contributed by atoms with Gasteiger partial charge >= 0.3 is 12.1 Å². The molecule has 0 saturated heterocycles. The van der Waals surface area contributed by atoms with Crippen LogP contribution in [0.4, 0.5) is 4.79 Å². The summed E-state index contributed by atoms with van der Waals surface area (Å²) in [4.78, 5) is 24.4. The number of hydrogen-bond donors (Lipinski definition) is 2. The minimum atomic E-state index is -1.52. The maximum absolute atomic E-state index is 12.3. The second kappa shape index (κ2) is 8.33. The van der Waals surface area contributed by atoms with Gasteiger partial charge in [-0.1, -0.05) is 74.5 Å². The van der Waals surface area contributed by atoms with Gasteiger partial charge in [0.2, 0.25) is 0 Å². The number of benzene rings is 2. The summed E-state index contributed by atoms with van der Waals surface area (Å²) in [6, 6.07) is 18.0. The third kappa shape index (κ3) is 4.83. The van der Waals surface area contributed by atoms with Gasteiger partial charge in [-0.15, -0.1) is 0 Å². The van der Waals surface area contributed by atoms with Crippen LogP contribution >= 0.6 is 0 Å². The second-order valence-corrected chi connectivity index (χ2v) is 6.36. The number of carbonyl (C=O) groups excluding carboxylic acids is 1. The summed E-state index contributed by atoms with van der Waals surface area (Å²) in [5.41, 5.74) is -0.168. The van der Waals surface area contributed by atoms with Crippen LogP contribution in [0.3, 0.4) is 0 Å². The van der Waals surface area contributed by atoms with E-state index in [1.807, 2.05) is 44.2 Å². The normalized spacial score (nSPS) is 13.1. The molecule has 0 aliphatic carbocycles. The van der Waals surface area contributed by atoms with E-state index in [1.54, 1.807) is 30.3 Å². The van der Waals surface area contributed by atoms with Gasteiger partial charge in [0, 0.05) is 0 Å². The van der Waals surface area contributed by atoms with Crippen molar-refractivity contribution in [3.8, 4) is 0 Å². The van der Waals surface area contributed by atoms with Crippen molar-refractivity contribution in [1.82, 2.24) is 5.32 Å². The van der Waals surface area contributed by atoms with E-state index in [9.17, 15) is 14.7 Å². The molecular formula is C20H23NO4. The van der Waals surface area contributed by atoms with E-state index in [0.29, 0.717) is 5.56 Å². The molecule has 0 aliphatic heterocycles. The average molecular weight is 341 g/mol. The first kappa shape index (κ1) is 18.5. The zero-order chi connectivity index (χ0) is 18.3. The van der Waals surface area contributed by atoms with Crippen LogP contribution in [0.1, 0.15) is 31.4 Å². The molecule has 1 atom stereocenters. The molecule has 132 valence electrons. The van der Waals surface area contributed by atoms with E-state index in [1.165, 1.54) is 0 Å². The summed E-state index contributed by atoms with van der Waals surface area (Å²) < 4.78 is 5.22. The number of carbonyl (C=O) groups is 2. The SMILES string of the molecule is CC(C)CC(NC(=O)OCc1ccccc1)(C(=O)O)c1ccccc1. The molecule has 1 amide bonds. The lowest BCUT2D eigenvalue weighted by atomic mass is 9.82. The fourth-order valence-corrected chi connectivity index (χ4v) is 2.77. The van der Waals surface area contributed by atoms with Crippen LogP contribution in [0.5, 0.6) is 0 Å². The van der Waals surface area contributed by atoms with Crippen molar-refractivity contribution in [2.45, 2.75) is 32.4 Å². The van der Waals surface area contributed by atoms with Crippen molar-refractivity contribution < 1.29 is 19.4 Å². The minimum Gasteiger partial charge on any atom is -0.479 e. The molecule has 2 N–H and O–H groups in total. The topological polar surface area (TPSA) is 75.6 Å². The number of carboxylic acid groups (broad SMARTS) is 1. The van der Waals surface area contributed by atoms with Crippen molar-refractivity contribution in [1.29, 1.82) is 0 Å². The number of hydrogen-bond acceptors (Lipinski definition) is 3. The van der Waals surface area contributed by atoms with Crippen molar-refractivity contribution in [3.05, 3.63) is 71.8 Å². The Morgan fingerprint density at radius 2 is 1.60 bits per heavy atom. The largest absolute Gasteiger partial charge is 0.479 e. The Bertz CT molecular complexity index is 700. The van der Waals surface area contributed by atoms with E-state index in [0.717, 1.165) is 5.56 Å². The molecule has 1 unspecified atom stereocenters. The molecule has 0 aromatic heterocycles. The molecule has 0 fully saturated rings. The van der Waals surface area contributed by atoms with Gasteiger partial charge in [-0.2, -0.15) is 0 Å². The summed E-state index contributed by atoms with van der Waals surface area (Å²) in [6.07, 6.45) is -0.497. The number of rotatable bonds is 7. The van der Waals surface area contributed by atoms with Crippen LogP contribution in [0.15, 0.2) is 60.7 Å². The van der Waals surface area contributed by atoms with Crippen molar-refractivity contribution >= 4 is 12.1 Å². The van der Waals surface area contributed by atoms with Crippen LogP contribution in [-0.2, 0) is 21.7 Å². The predicted molar refractivity (Wildman–Crippen MR) is 95.0 cm³/mol. The van der Waals surface area contributed by atoms with Gasteiger partial charge in [-0.25, -0.2) is 9.59 Å². The van der Waals surface area contributed by atoms with Crippen molar-refractivity contribution in [2.24, 2.45) is 5.92 Å². The lowest BCUT2D eigenvalue weighted by Crippen LogP contribution is -2.52. The van der Waals surface area contributed by atoms with E-state index in [-0.39, 0.29) is 18.9 Å². The van der Waals surface area contributed by atoms with Crippen LogP contribution < -0.4 is 5.32 Å². The Hall–Kier alpha value is -2.82. The van der Waals surface area contributed by atoms with Crippen LogP contribution in [0.2, 0.25) is 0 Å². The molecule has 5 heteroatoms. The summed E-state index contributed by atoms with van der Waals surface area (Å²) in [7, 11) is 0. The van der Waals surface area contributed by atoms with Gasteiger partial charge in [0.25, 0.3) is 0 Å². The lowest BCUT2D eigenvalue weighted by Gasteiger charge is -2.32. The first-order valence-electron chi connectivity index (χ1n) is 8.22. The second-order valence-electron chi connectivity index (χ2n) is 6.36. The quantitative estimate of drug-likeness (QED) is 0.800. The van der Waals surface area contributed by atoms with Gasteiger partial charge in [0.1, 0.15) is 6.61 Å². The maximum Gasteiger partial charge on any atom is 0.408 e. The van der Waals surface area contributed by atoms with E-state index >= 15 is 0 Å². The fourth-order valence-electron chi connectivity index (χ4n) is 2.77. The van der Waals surface area contributed by atoms with Gasteiger partial charge in [0.15, 0.2) is 5.54 Å². The molecule has 5 nitrogen and oxygen atoms in total. The van der Waals surface area contributed by atoms with Crippen molar-refractivity contribution in [2.75, 3.05) is 0 Å².